The zero-order chi connectivity index (χ0) is 22.1. The van der Waals surface area contributed by atoms with Crippen molar-refractivity contribution >= 4 is 17.8 Å². The molecule has 1 N–H and O–H groups in total. The molecule has 7 nitrogen and oxygen atoms in total. The van der Waals surface area contributed by atoms with Gasteiger partial charge in [0.2, 0.25) is 0 Å². The van der Waals surface area contributed by atoms with Crippen molar-refractivity contribution in [1.29, 1.82) is 0 Å². The van der Waals surface area contributed by atoms with Crippen molar-refractivity contribution in [2.24, 2.45) is 0 Å². The van der Waals surface area contributed by atoms with E-state index in [1.807, 2.05) is 6.92 Å². The Bertz CT molecular complexity index is 1040. The van der Waals surface area contributed by atoms with Gasteiger partial charge >= 0.3 is 5.97 Å². The van der Waals surface area contributed by atoms with E-state index < -0.39 is 30.2 Å². The number of aryl methyl sites for hydroxylation is 1. The van der Waals surface area contributed by atoms with Crippen LogP contribution in [0.3, 0.4) is 0 Å². The lowest BCUT2D eigenvalue weighted by Gasteiger charge is -2.26. The van der Waals surface area contributed by atoms with E-state index in [1.165, 1.54) is 7.11 Å². The number of amides is 2. The van der Waals surface area contributed by atoms with Gasteiger partial charge in [0.25, 0.3) is 11.8 Å². The lowest BCUT2D eigenvalue weighted by atomic mass is 10.0. The third-order valence-electron chi connectivity index (χ3n) is 5.92. The van der Waals surface area contributed by atoms with Gasteiger partial charge in [-0.1, -0.05) is 17.7 Å². The van der Waals surface area contributed by atoms with Crippen molar-refractivity contribution in [3.63, 3.8) is 0 Å². The second-order valence-corrected chi connectivity index (χ2v) is 8.08. The maximum atomic E-state index is 13.1. The zero-order valence-electron chi connectivity index (χ0n) is 17.6. The van der Waals surface area contributed by atoms with Crippen molar-refractivity contribution in [3.05, 3.63) is 58.7 Å². The fourth-order valence-corrected chi connectivity index (χ4v) is 4.36. The van der Waals surface area contributed by atoms with E-state index in [4.69, 9.17) is 9.47 Å². The van der Waals surface area contributed by atoms with Gasteiger partial charge in [-0.2, -0.15) is 0 Å². The van der Waals surface area contributed by atoms with Crippen LogP contribution in [0.5, 0.6) is 11.5 Å². The zero-order valence-corrected chi connectivity index (χ0v) is 17.6. The van der Waals surface area contributed by atoms with Crippen LogP contribution in [-0.4, -0.2) is 41.0 Å². The summed E-state index contributed by atoms with van der Waals surface area (Å²) in [5.74, 6) is -1.05. The van der Waals surface area contributed by atoms with Gasteiger partial charge in [-0.3, -0.25) is 19.3 Å². The summed E-state index contributed by atoms with van der Waals surface area (Å²) in [7, 11) is 1.54. The molecule has 1 saturated carbocycles. The summed E-state index contributed by atoms with van der Waals surface area (Å²) in [5, 5.41) is 9.53. The quantitative estimate of drug-likeness (QED) is 0.673. The maximum absolute atomic E-state index is 13.1. The first-order valence-electron chi connectivity index (χ1n) is 10.4. The highest BCUT2D eigenvalue weighted by atomic mass is 16.5. The van der Waals surface area contributed by atoms with Crippen LogP contribution in [0.2, 0.25) is 0 Å². The molecular formula is C24H25NO6. The number of hydrogen-bond acceptors (Lipinski definition) is 5. The summed E-state index contributed by atoms with van der Waals surface area (Å²) < 4.78 is 11.5. The predicted octanol–water partition coefficient (Wildman–Crippen LogP) is 4.14. The van der Waals surface area contributed by atoms with E-state index >= 15 is 0 Å². The summed E-state index contributed by atoms with van der Waals surface area (Å²) in [4.78, 5) is 38.9. The predicted molar refractivity (Wildman–Crippen MR) is 113 cm³/mol. The molecule has 4 rings (SSSR count). The molecule has 0 bridgehead atoms. The van der Waals surface area contributed by atoms with Crippen LogP contribution in [0.4, 0.5) is 0 Å². The molecule has 2 aromatic carbocycles. The molecule has 2 aromatic rings. The number of imide groups is 1. The molecule has 1 unspecified atom stereocenters. The fraction of sp³-hybridized carbons (Fsp3) is 0.375. The number of ether oxygens (including phenoxy) is 2. The van der Waals surface area contributed by atoms with Gasteiger partial charge < -0.3 is 14.6 Å². The number of carboxylic acids is 1. The number of aliphatic carboxylic acids is 1. The van der Waals surface area contributed by atoms with Crippen LogP contribution in [0.15, 0.2) is 36.4 Å². The second kappa shape index (κ2) is 8.41. The van der Waals surface area contributed by atoms with Gasteiger partial charge in [0.1, 0.15) is 0 Å². The van der Waals surface area contributed by atoms with Crippen molar-refractivity contribution < 1.29 is 29.0 Å². The highest BCUT2D eigenvalue weighted by molar-refractivity contribution is 6.21. The Morgan fingerprint density at radius 1 is 1.06 bits per heavy atom. The molecule has 0 saturated heterocycles. The molecule has 1 aliphatic heterocycles. The lowest BCUT2D eigenvalue weighted by Crippen LogP contribution is -2.35. The standard InChI is InChI=1S/C24H25NO6/c1-14-7-9-17-18(11-14)24(29)25(23(17)28)19(13-22(26)27)15-8-10-20(30-2)21(12-15)31-16-5-3-4-6-16/h7-12,16,19H,3-6,13H2,1-2H3,(H,26,27). The first kappa shape index (κ1) is 20.9. The Labute approximate surface area is 180 Å². The number of fused-ring (bicyclic) bond motifs is 1. The lowest BCUT2D eigenvalue weighted by molar-refractivity contribution is -0.138. The van der Waals surface area contributed by atoms with Crippen molar-refractivity contribution in [2.45, 2.75) is 51.2 Å². The average Bonchev–Trinajstić information content (AvgIpc) is 3.33. The molecule has 1 aliphatic carbocycles. The van der Waals surface area contributed by atoms with Gasteiger partial charge in [-0.05, 0) is 62.4 Å². The maximum Gasteiger partial charge on any atom is 0.305 e. The molecule has 31 heavy (non-hydrogen) atoms. The Morgan fingerprint density at radius 2 is 1.77 bits per heavy atom. The Kier molecular flexibility index (Phi) is 5.67. The molecule has 162 valence electrons. The molecule has 0 spiro atoms. The Hall–Kier alpha value is -3.35. The number of carbonyl (C=O) groups is 3. The molecule has 0 radical (unpaired) electrons. The minimum absolute atomic E-state index is 0.0735. The van der Waals surface area contributed by atoms with Crippen LogP contribution < -0.4 is 9.47 Å². The molecule has 2 aliphatic rings. The molecule has 1 fully saturated rings. The Balaban J connectivity index is 1.72. The molecule has 2 amide bonds. The number of nitrogens with zero attached hydrogens (tertiary/aromatic N) is 1. The van der Waals surface area contributed by atoms with Crippen molar-refractivity contribution in [3.8, 4) is 11.5 Å². The van der Waals surface area contributed by atoms with Crippen LogP contribution in [-0.2, 0) is 4.79 Å². The first-order valence-corrected chi connectivity index (χ1v) is 10.4. The van der Waals surface area contributed by atoms with Gasteiger partial charge in [0.15, 0.2) is 11.5 Å². The molecular weight excluding hydrogens is 398 g/mol. The third-order valence-corrected chi connectivity index (χ3v) is 5.92. The van der Waals surface area contributed by atoms with Crippen LogP contribution in [0.1, 0.15) is 70.0 Å². The van der Waals surface area contributed by atoms with Crippen LogP contribution in [0, 0.1) is 6.92 Å². The van der Waals surface area contributed by atoms with E-state index in [9.17, 15) is 19.5 Å². The number of benzene rings is 2. The van der Waals surface area contributed by atoms with Gasteiger partial charge in [-0.15, -0.1) is 0 Å². The molecule has 7 heteroatoms. The van der Waals surface area contributed by atoms with Crippen molar-refractivity contribution in [1.82, 2.24) is 4.90 Å². The summed E-state index contributed by atoms with van der Waals surface area (Å²) in [6, 6.07) is 9.16. The number of carboxylic acid groups (broad SMARTS) is 1. The monoisotopic (exact) mass is 423 g/mol. The van der Waals surface area contributed by atoms with Gasteiger partial charge in [0.05, 0.1) is 36.8 Å². The summed E-state index contributed by atoms with van der Waals surface area (Å²) in [6.07, 6.45) is 3.77. The van der Waals surface area contributed by atoms with Gasteiger partial charge in [0, 0.05) is 0 Å². The number of methoxy groups -OCH3 is 1. The first-order chi connectivity index (χ1) is 14.9. The normalized spacial score (nSPS) is 17.0. The molecule has 1 atom stereocenters. The summed E-state index contributed by atoms with van der Waals surface area (Å²) in [6.45, 7) is 1.84. The summed E-state index contributed by atoms with van der Waals surface area (Å²) >= 11 is 0. The topological polar surface area (TPSA) is 93.1 Å². The highest BCUT2D eigenvalue weighted by Crippen LogP contribution is 2.39. The van der Waals surface area contributed by atoms with E-state index in [0.717, 1.165) is 36.1 Å². The highest BCUT2D eigenvalue weighted by Gasteiger charge is 2.41. The minimum atomic E-state index is -1.10. The van der Waals surface area contributed by atoms with E-state index in [-0.39, 0.29) is 6.10 Å². The Morgan fingerprint density at radius 3 is 2.45 bits per heavy atom. The number of hydrogen-bond donors (Lipinski definition) is 1. The minimum Gasteiger partial charge on any atom is -0.493 e. The molecule has 0 aromatic heterocycles. The smallest absolute Gasteiger partial charge is 0.305 e. The van der Waals surface area contributed by atoms with Gasteiger partial charge in [-0.25, -0.2) is 0 Å². The number of carbonyl (C=O) groups excluding carboxylic acids is 2. The molecule has 1 heterocycles. The average molecular weight is 423 g/mol. The van der Waals surface area contributed by atoms with Crippen LogP contribution in [0.25, 0.3) is 0 Å². The van der Waals surface area contributed by atoms with E-state index in [0.29, 0.717) is 28.2 Å². The fourth-order valence-electron chi connectivity index (χ4n) is 4.36. The van der Waals surface area contributed by atoms with E-state index in [2.05, 4.69) is 0 Å². The van der Waals surface area contributed by atoms with Crippen LogP contribution >= 0.6 is 0 Å². The third kappa shape index (κ3) is 4.00. The number of rotatable bonds is 7. The van der Waals surface area contributed by atoms with E-state index in [1.54, 1.807) is 36.4 Å². The SMILES string of the molecule is COc1ccc(C(CC(=O)O)N2C(=O)c3ccc(C)cc3C2=O)cc1OC1CCCC1. The second-order valence-electron chi connectivity index (χ2n) is 8.08. The van der Waals surface area contributed by atoms with Crippen molar-refractivity contribution in [2.75, 3.05) is 7.11 Å². The summed E-state index contributed by atoms with van der Waals surface area (Å²) in [5.41, 5.74) is 1.97. The largest absolute Gasteiger partial charge is 0.493 e.